The summed E-state index contributed by atoms with van der Waals surface area (Å²) in [5.74, 6) is 0.854. The lowest BCUT2D eigenvalue weighted by atomic mass is 9.48. The molecule has 0 aromatic carbocycles. The number of aromatic nitrogens is 1. The van der Waals surface area contributed by atoms with E-state index in [1.54, 1.807) is 0 Å². The van der Waals surface area contributed by atoms with E-state index in [0.29, 0.717) is 30.6 Å². The Kier molecular flexibility index (Phi) is 4.48. The first-order chi connectivity index (χ1) is 12.9. The third-order valence-corrected chi connectivity index (χ3v) is 8.01. The van der Waals surface area contributed by atoms with Gasteiger partial charge in [-0.05, 0) is 72.5 Å². The molecule has 3 aliphatic carbocycles. The zero-order valence-electron chi connectivity index (χ0n) is 16.3. The molecular formula is C23H29NO3. The molecule has 4 heteroatoms. The number of carboxylic acids is 1. The van der Waals surface area contributed by atoms with Crippen molar-refractivity contribution in [3.63, 3.8) is 0 Å². The number of pyridine rings is 1. The largest absolute Gasteiger partial charge is 0.481 e. The van der Waals surface area contributed by atoms with Gasteiger partial charge in [-0.3, -0.25) is 14.6 Å². The first-order valence-electron chi connectivity index (χ1n) is 10.2. The fourth-order valence-corrected chi connectivity index (χ4v) is 6.50. The van der Waals surface area contributed by atoms with E-state index in [9.17, 15) is 9.59 Å². The summed E-state index contributed by atoms with van der Waals surface area (Å²) in [5, 5.41) is 9.17. The molecule has 2 saturated carbocycles. The quantitative estimate of drug-likeness (QED) is 0.834. The van der Waals surface area contributed by atoms with Crippen LogP contribution in [-0.4, -0.2) is 21.8 Å². The summed E-state index contributed by atoms with van der Waals surface area (Å²) in [4.78, 5) is 28.3. The Balaban J connectivity index is 1.62. The number of nitrogens with zero attached hydrogens (tertiary/aromatic N) is 1. The second-order valence-corrected chi connectivity index (χ2v) is 9.20. The van der Waals surface area contributed by atoms with Gasteiger partial charge < -0.3 is 5.11 Å². The smallest absolute Gasteiger partial charge is 0.303 e. The normalized spacial score (nSPS) is 38.1. The zero-order valence-corrected chi connectivity index (χ0v) is 16.3. The molecule has 27 heavy (non-hydrogen) atoms. The molecule has 0 spiro atoms. The number of rotatable bonds is 4. The number of hydrogen-bond donors (Lipinski definition) is 1. The molecule has 4 rings (SSSR count). The molecule has 0 amide bonds. The van der Waals surface area contributed by atoms with Gasteiger partial charge in [0.05, 0.1) is 0 Å². The fourth-order valence-electron chi connectivity index (χ4n) is 6.50. The SMILES string of the molecule is C[C@]1(CCC(=O)O)C(=O)CCC2[C@@H]1CC[C@]1(C)C(c3cccnc3)=CC[C@@H]21. The first kappa shape index (κ1) is 18.4. The Labute approximate surface area is 161 Å². The highest BCUT2D eigenvalue weighted by atomic mass is 16.4. The Bertz CT molecular complexity index is 786. The van der Waals surface area contributed by atoms with Crippen LogP contribution in [0.4, 0.5) is 0 Å². The Hall–Kier alpha value is -1.97. The van der Waals surface area contributed by atoms with E-state index in [1.165, 1.54) is 11.1 Å². The molecule has 1 heterocycles. The number of Topliss-reactive ketones (excluding diaryl/α,β-unsaturated/α-hetero) is 1. The summed E-state index contributed by atoms with van der Waals surface area (Å²) in [6.45, 7) is 4.44. The minimum Gasteiger partial charge on any atom is -0.481 e. The standard InChI is InChI=1S/C23H29NO3/c1-22-11-9-19-16(5-8-20(25)23(19,2)12-10-21(26)27)18(22)7-6-17(22)15-4-3-13-24-14-15/h3-4,6,13-14,16,18-19H,5,7-12H2,1-2H3,(H,26,27)/t16?,18-,19-,22+,23+/m0/s1. The molecule has 5 atom stereocenters. The zero-order chi connectivity index (χ0) is 19.2. The molecule has 1 aromatic rings. The summed E-state index contributed by atoms with van der Waals surface area (Å²) in [7, 11) is 0. The minimum absolute atomic E-state index is 0.0899. The van der Waals surface area contributed by atoms with Gasteiger partial charge >= 0.3 is 5.97 Å². The third kappa shape index (κ3) is 2.84. The monoisotopic (exact) mass is 367 g/mol. The van der Waals surface area contributed by atoms with Crippen molar-refractivity contribution >= 4 is 17.3 Å². The maximum Gasteiger partial charge on any atom is 0.303 e. The van der Waals surface area contributed by atoms with Crippen LogP contribution in [0.25, 0.3) is 5.57 Å². The van der Waals surface area contributed by atoms with Gasteiger partial charge in [0, 0.05) is 30.7 Å². The number of carboxylic acid groups (broad SMARTS) is 1. The van der Waals surface area contributed by atoms with Crippen molar-refractivity contribution in [3.8, 4) is 0 Å². The predicted octanol–water partition coefficient (Wildman–Crippen LogP) is 4.75. The molecular weight excluding hydrogens is 338 g/mol. The lowest BCUT2D eigenvalue weighted by molar-refractivity contribution is -0.146. The van der Waals surface area contributed by atoms with E-state index < -0.39 is 11.4 Å². The van der Waals surface area contributed by atoms with Crippen LogP contribution in [-0.2, 0) is 9.59 Å². The highest BCUT2D eigenvalue weighted by molar-refractivity contribution is 5.86. The number of carbonyl (C=O) groups is 2. The summed E-state index contributed by atoms with van der Waals surface area (Å²) in [5.41, 5.74) is 2.31. The van der Waals surface area contributed by atoms with Crippen LogP contribution >= 0.6 is 0 Å². The van der Waals surface area contributed by atoms with Crippen molar-refractivity contribution in [1.29, 1.82) is 0 Å². The van der Waals surface area contributed by atoms with Gasteiger partial charge in [0.25, 0.3) is 0 Å². The van der Waals surface area contributed by atoms with Crippen LogP contribution in [0.3, 0.4) is 0 Å². The molecule has 0 aliphatic heterocycles. The lowest BCUT2D eigenvalue weighted by Gasteiger charge is -2.55. The van der Waals surface area contributed by atoms with E-state index in [1.807, 2.05) is 25.4 Å². The summed E-state index contributed by atoms with van der Waals surface area (Å²) < 4.78 is 0. The van der Waals surface area contributed by atoms with Gasteiger partial charge in [-0.25, -0.2) is 0 Å². The Morgan fingerprint density at radius 3 is 2.81 bits per heavy atom. The van der Waals surface area contributed by atoms with E-state index in [4.69, 9.17) is 5.11 Å². The molecule has 0 saturated heterocycles. The van der Waals surface area contributed by atoms with Crippen LogP contribution in [0, 0.1) is 28.6 Å². The van der Waals surface area contributed by atoms with Crippen molar-refractivity contribution in [2.45, 2.75) is 58.8 Å². The second-order valence-electron chi connectivity index (χ2n) is 9.20. The maximum absolute atomic E-state index is 12.8. The van der Waals surface area contributed by atoms with E-state index in [-0.39, 0.29) is 17.6 Å². The number of ketones is 1. The lowest BCUT2D eigenvalue weighted by Crippen LogP contribution is -2.51. The Morgan fingerprint density at radius 1 is 1.30 bits per heavy atom. The number of hydrogen-bond acceptors (Lipinski definition) is 3. The summed E-state index contributed by atoms with van der Waals surface area (Å²) in [6.07, 6.45) is 11.4. The second kappa shape index (κ2) is 6.57. The topological polar surface area (TPSA) is 67.3 Å². The number of fused-ring (bicyclic) bond motifs is 3. The third-order valence-electron chi connectivity index (χ3n) is 8.01. The first-order valence-corrected chi connectivity index (χ1v) is 10.2. The molecule has 3 aliphatic rings. The summed E-state index contributed by atoms with van der Waals surface area (Å²) >= 11 is 0. The van der Waals surface area contributed by atoms with Crippen molar-refractivity contribution < 1.29 is 14.7 Å². The van der Waals surface area contributed by atoms with Gasteiger partial charge in [-0.2, -0.15) is 0 Å². The van der Waals surface area contributed by atoms with Gasteiger partial charge in [-0.1, -0.05) is 26.0 Å². The van der Waals surface area contributed by atoms with E-state index in [2.05, 4.69) is 24.1 Å². The van der Waals surface area contributed by atoms with Gasteiger partial charge in [0.15, 0.2) is 0 Å². The highest BCUT2D eigenvalue weighted by Gasteiger charge is 2.57. The van der Waals surface area contributed by atoms with E-state index >= 15 is 0 Å². The number of carbonyl (C=O) groups excluding carboxylic acids is 1. The Morgan fingerprint density at radius 2 is 2.11 bits per heavy atom. The highest BCUT2D eigenvalue weighted by Crippen LogP contribution is 2.64. The molecule has 4 nitrogen and oxygen atoms in total. The average molecular weight is 367 g/mol. The maximum atomic E-state index is 12.8. The summed E-state index contributed by atoms with van der Waals surface area (Å²) in [6, 6.07) is 4.15. The number of allylic oxidation sites excluding steroid dienone is 2. The van der Waals surface area contributed by atoms with Gasteiger partial charge in [0.1, 0.15) is 5.78 Å². The van der Waals surface area contributed by atoms with Crippen molar-refractivity contribution in [1.82, 2.24) is 4.98 Å². The van der Waals surface area contributed by atoms with Crippen LogP contribution in [0.2, 0.25) is 0 Å². The number of aliphatic carboxylic acids is 1. The molecule has 0 bridgehead atoms. The van der Waals surface area contributed by atoms with Crippen LogP contribution in [0.5, 0.6) is 0 Å². The van der Waals surface area contributed by atoms with Crippen LogP contribution < -0.4 is 0 Å². The molecule has 144 valence electrons. The van der Waals surface area contributed by atoms with Crippen LogP contribution in [0.1, 0.15) is 64.4 Å². The molecule has 2 fully saturated rings. The molecule has 1 N–H and O–H groups in total. The minimum atomic E-state index is -0.798. The fraction of sp³-hybridized carbons (Fsp3) is 0.609. The average Bonchev–Trinajstić information content (AvgIpc) is 3.01. The predicted molar refractivity (Wildman–Crippen MR) is 104 cm³/mol. The van der Waals surface area contributed by atoms with Crippen molar-refractivity contribution in [3.05, 3.63) is 36.2 Å². The van der Waals surface area contributed by atoms with Gasteiger partial charge in [-0.15, -0.1) is 0 Å². The van der Waals surface area contributed by atoms with Gasteiger partial charge in [0.2, 0.25) is 0 Å². The molecule has 1 aromatic heterocycles. The van der Waals surface area contributed by atoms with E-state index in [0.717, 1.165) is 25.7 Å². The molecule has 1 unspecified atom stereocenters. The van der Waals surface area contributed by atoms with Crippen LogP contribution in [0.15, 0.2) is 30.6 Å². The van der Waals surface area contributed by atoms with Crippen molar-refractivity contribution in [2.75, 3.05) is 0 Å². The molecule has 0 radical (unpaired) electrons. The van der Waals surface area contributed by atoms with Crippen molar-refractivity contribution in [2.24, 2.45) is 28.6 Å².